The fourth-order valence-corrected chi connectivity index (χ4v) is 2.72. The summed E-state index contributed by atoms with van der Waals surface area (Å²) >= 11 is 0. The molecule has 1 fully saturated rings. The molecule has 0 unspecified atom stereocenters. The lowest BCUT2D eigenvalue weighted by Crippen LogP contribution is -2.44. The highest BCUT2D eigenvalue weighted by Gasteiger charge is 2.48. The van der Waals surface area contributed by atoms with Gasteiger partial charge in [-0.1, -0.05) is 19.9 Å². The summed E-state index contributed by atoms with van der Waals surface area (Å²) in [5.74, 6) is -2.23. The van der Waals surface area contributed by atoms with Gasteiger partial charge >= 0.3 is 12.0 Å². The van der Waals surface area contributed by atoms with E-state index >= 15 is 0 Å². The number of urea groups is 1. The normalized spacial score (nSPS) is 19.0. The van der Waals surface area contributed by atoms with Crippen LogP contribution < -0.4 is 10.6 Å². The van der Waals surface area contributed by atoms with Crippen LogP contribution in [0.3, 0.4) is 0 Å². The van der Waals surface area contributed by atoms with E-state index in [9.17, 15) is 23.6 Å². The summed E-state index contributed by atoms with van der Waals surface area (Å²) in [6, 6.07) is 4.57. The number of nitrogens with zero attached hydrogens (tertiary/aromatic N) is 1. The summed E-state index contributed by atoms with van der Waals surface area (Å²) in [5.41, 5.74) is -0.841. The van der Waals surface area contributed by atoms with Crippen molar-refractivity contribution in [2.45, 2.75) is 39.2 Å². The molecule has 0 aliphatic carbocycles. The summed E-state index contributed by atoms with van der Waals surface area (Å²) in [6.07, 6.45) is 1.19. The van der Waals surface area contributed by atoms with Gasteiger partial charge in [0.1, 0.15) is 17.9 Å². The molecule has 0 spiro atoms. The minimum absolute atomic E-state index is 0.219. The van der Waals surface area contributed by atoms with Crippen molar-refractivity contribution in [3.8, 4) is 0 Å². The molecule has 4 amide bonds. The molecule has 9 heteroatoms. The van der Waals surface area contributed by atoms with E-state index in [0.29, 0.717) is 12.3 Å². The molecular weight excluding hydrogens is 369 g/mol. The van der Waals surface area contributed by atoms with E-state index in [1.165, 1.54) is 18.2 Å². The second-order valence-electron chi connectivity index (χ2n) is 7.31. The Balaban J connectivity index is 1.84. The van der Waals surface area contributed by atoms with Crippen molar-refractivity contribution in [3.63, 3.8) is 0 Å². The lowest BCUT2D eigenvalue weighted by Gasteiger charge is -2.22. The first-order valence-electron chi connectivity index (χ1n) is 8.96. The molecule has 0 aromatic heterocycles. The minimum Gasteiger partial charge on any atom is -0.454 e. The van der Waals surface area contributed by atoms with Crippen molar-refractivity contribution in [3.05, 3.63) is 30.1 Å². The number of carbonyl (C=O) groups excluding carboxylic acids is 4. The smallest absolute Gasteiger partial charge is 0.326 e. The Labute approximate surface area is 162 Å². The maximum Gasteiger partial charge on any atom is 0.326 e. The van der Waals surface area contributed by atoms with Crippen LogP contribution in [0.4, 0.5) is 14.9 Å². The summed E-state index contributed by atoms with van der Waals surface area (Å²) in [7, 11) is 0. The van der Waals surface area contributed by atoms with Gasteiger partial charge in [-0.2, -0.15) is 0 Å². The first-order valence-corrected chi connectivity index (χ1v) is 8.96. The van der Waals surface area contributed by atoms with Gasteiger partial charge in [0.05, 0.1) is 0 Å². The number of imide groups is 1. The molecule has 152 valence electrons. The van der Waals surface area contributed by atoms with Gasteiger partial charge in [0.15, 0.2) is 6.61 Å². The fourth-order valence-electron chi connectivity index (χ4n) is 2.72. The average Bonchev–Trinajstić information content (AvgIpc) is 2.82. The van der Waals surface area contributed by atoms with Crippen molar-refractivity contribution in [1.82, 2.24) is 10.2 Å². The third kappa shape index (κ3) is 5.51. The van der Waals surface area contributed by atoms with Crippen LogP contribution in [0.5, 0.6) is 0 Å². The summed E-state index contributed by atoms with van der Waals surface area (Å²) < 4.78 is 17.9. The zero-order chi connectivity index (χ0) is 20.9. The molecule has 1 saturated heterocycles. The summed E-state index contributed by atoms with van der Waals surface area (Å²) in [6.45, 7) is 4.43. The highest BCUT2D eigenvalue weighted by atomic mass is 19.1. The molecule has 0 bridgehead atoms. The van der Waals surface area contributed by atoms with Gasteiger partial charge in [0.25, 0.3) is 11.8 Å². The molecular formula is C19H24FN3O5. The van der Waals surface area contributed by atoms with Crippen molar-refractivity contribution in [2.75, 3.05) is 18.5 Å². The molecule has 8 nitrogen and oxygen atoms in total. The highest BCUT2D eigenvalue weighted by molar-refractivity contribution is 6.08. The topological polar surface area (TPSA) is 105 Å². The molecule has 1 aliphatic rings. The Morgan fingerprint density at radius 3 is 2.68 bits per heavy atom. The number of hydrogen-bond acceptors (Lipinski definition) is 5. The van der Waals surface area contributed by atoms with E-state index in [2.05, 4.69) is 10.6 Å². The second kappa shape index (κ2) is 8.81. The van der Waals surface area contributed by atoms with Gasteiger partial charge in [-0.15, -0.1) is 0 Å². The number of ether oxygens (including phenoxy) is 1. The fraction of sp³-hybridized carbons (Fsp3) is 0.474. The number of benzene rings is 1. The van der Waals surface area contributed by atoms with E-state index in [1.807, 2.05) is 13.8 Å². The van der Waals surface area contributed by atoms with Gasteiger partial charge in [-0.25, -0.2) is 9.18 Å². The van der Waals surface area contributed by atoms with Gasteiger partial charge in [0, 0.05) is 5.69 Å². The molecule has 1 heterocycles. The van der Waals surface area contributed by atoms with Gasteiger partial charge in [-0.05, 0) is 43.9 Å². The van der Waals surface area contributed by atoms with Crippen LogP contribution in [0.25, 0.3) is 0 Å². The molecule has 2 N–H and O–H groups in total. The van der Waals surface area contributed by atoms with Crippen LogP contribution in [0.15, 0.2) is 24.3 Å². The first-order chi connectivity index (χ1) is 13.1. The maximum atomic E-state index is 13.1. The number of anilines is 1. The highest BCUT2D eigenvalue weighted by Crippen LogP contribution is 2.24. The van der Waals surface area contributed by atoms with Gasteiger partial charge in [-0.3, -0.25) is 19.3 Å². The summed E-state index contributed by atoms with van der Waals surface area (Å²) in [5, 5.41) is 4.98. The van der Waals surface area contributed by atoms with E-state index in [-0.39, 0.29) is 5.69 Å². The van der Waals surface area contributed by atoms with Crippen LogP contribution in [0.1, 0.15) is 33.6 Å². The van der Waals surface area contributed by atoms with E-state index < -0.39 is 48.3 Å². The SMILES string of the molecule is CC(C)CC[C@]1(C)NC(=O)N(CC(=O)OCC(=O)Nc2cccc(F)c2)C1=O. The third-order valence-corrected chi connectivity index (χ3v) is 4.33. The monoisotopic (exact) mass is 393 g/mol. The van der Waals surface area contributed by atoms with Crippen LogP contribution in [-0.4, -0.2) is 47.4 Å². The lowest BCUT2D eigenvalue weighted by molar-refractivity contribution is -0.150. The molecule has 1 aliphatic heterocycles. The number of carbonyl (C=O) groups is 4. The number of hydrogen-bond donors (Lipinski definition) is 2. The summed E-state index contributed by atoms with van der Waals surface area (Å²) in [4.78, 5) is 49.1. The molecule has 28 heavy (non-hydrogen) atoms. The quantitative estimate of drug-likeness (QED) is 0.520. The predicted octanol–water partition coefficient (Wildman–Crippen LogP) is 2.05. The first kappa shape index (κ1) is 21.3. The van der Waals surface area contributed by atoms with Crippen LogP contribution >= 0.6 is 0 Å². The number of esters is 1. The number of rotatable bonds is 8. The number of nitrogens with one attached hydrogen (secondary N) is 2. The second-order valence-corrected chi connectivity index (χ2v) is 7.31. The standard InChI is InChI=1S/C19H24FN3O5/c1-12(2)7-8-19(3)17(26)23(18(27)22-19)10-16(25)28-11-15(24)21-14-6-4-5-13(20)9-14/h4-6,9,12H,7-8,10-11H2,1-3H3,(H,21,24)(H,22,27)/t19-/m0/s1. The van der Waals surface area contributed by atoms with Crippen LogP contribution in [0, 0.1) is 11.7 Å². The van der Waals surface area contributed by atoms with Gasteiger partial charge < -0.3 is 15.4 Å². The molecule has 1 atom stereocenters. The maximum absolute atomic E-state index is 13.1. The molecule has 0 saturated carbocycles. The van der Waals surface area contributed by atoms with Crippen LogP contribution in [-0.2, 0) is 19.1 Å². The van der Waals surface area contributed by atoms with Crippen molar-refractivity contribution in [1.29, 1.82) is 0 Å². The minimum atomic E-state index is -1.06. The van der Waals surface area contributed by atoms with Crippen molar-refractivity contribution < 1.29 is 28.3 Å². The van der Waals surface area contributed by atoms with E-state index in [1.54, 1.807) is 6.92 Å². The van der Waals surface area contributed by atoms with Gasteiger partial charge in [0.2, 0.25) is 0 Å². The zero-order valence-electron chi connectivity index (χ0n) is 16.1. The molecule has 1 aromatic carbocycles. The average molecular weight is 393 g/mol. The molecule has 0 radical (unpaired) electrons. The Morgan fingerprint density at radius 2 is 2.04 bits per heavy atom. The molecule has 2 rings (SSSR count). The Morgan fingerprint density at radius 1 is 1.32 bits per heavy atom. The Kier molecular flexibility index (Phi) is 6.71. The predicted molar refractivity (Wildman–Crippen MR) is 98.7 cm³/mol. The largest absolute Gasteiger partial charge is 0.454 e. The van der Waals surface area contributed by atoms with Crippen molar-refractivity contribution >= 4 is 29.5 Å². The number of halogens is 1. The third-order valence-electron chi connectivity index (χ3n) is 4.33. The van der Waals surface area contributed by atoms with Crippen molar-refractivity contribution in [2.24, 2.45) is 5.92 Å². The Bertz CT molecular complexity index is 783. The Hall–Kier alpha value is -2.97. The van der Waals surface area contributed by atoms with Crippen LogP contribution in [0.2, 0.25) is 0 Å². The number of amides is 4. The zero-order valence-corrected chi connectivity index (χ0v) is 16.1. The van der Waals surface area contributed by atoms with E-state index in [4.69, 9.17) is 4.74 Å². The van der Waals surface area contributed by atoms with E-state index in [0.717, 1.165) is 17.4 Å². The lowest BCUT2D eigenvalue weighted by atomic mass is 9.92. The molecule has 1 aromatic rings.